The lowest BCUT2D eigenvalue weighted by atomic mass is 10.3. The SMILES string of the molecule is CCOC(=O)/C(C#N)=c1/s/c(=C/Nc2ccccc2)c(=O)n1CC. The molecule has 24 heavy (non-hydrogen) atoms. The van der Waals surface area contributed by atoms with Crippen molar-refractivity contribution in [3.05, 3.63) is 49.9 Å². The smallest absolute Gasteiger partial charge is 0.351 e. The number of anilines is 1. The molecular weight excluding hydrogens is 326 g/mol. The topological polar surface area (TPSA) is 84.1 Å². The summed E-state index contributed by atoms with van der Waals surface area (Å²) in [6, 6.07) is 11.2. The lowest BCUT2D eigenvalue weighted by molar-refractivity contribution is -0.136. The summed E-state index contributed by atoms with van der Waals surface area (Å²) in [6.45, 7) is 3.97. The van der Waals surface area contributed by atoms with Gasteiger partial charge in [0.05, 0.1) is 6.61 Å². The highest BCUT2D eigenvalue weighted by Gasteiger charge is 2.16. The van der Waals surface area contributed by atoms with E-state index in [0.717, 1.165) is 17.0 Å². The van der Waals surface area contributed by atoms with Crippen molar-refractivity contribution in [2.75, 3.05) is 11.9 Å². The lowest BCUT2D eigenvalue weighted by Crippen LogP contribution is -2.32. The second-order valence-corrected chi connectivity index (χ2v) is 5.71. The Morgan fingerprint density at radius 1 is 1.38 bits per heavy atom. The number of nitrogens with zero attached hydrogens (tertiary/aromatic N) is 2. The summed E-state index contributed by atoms with van der Waals surface area (Å²) in [5, 5.41) is 12.3. The maximum absolute atomic E-state index is 12.5. The van der Waals surface area contributed by atoms with Crippen molar-refractivity contribution in [1.82, 2.24) is 4.57 Å². The van der Waals surface area contributed by atoms with E-state index in [-0.39, 0.29) is 17.7 Å². The number of nitrogens with one attached hydrogen (secondary N) is 1. The molecule has 0 fully saturated rings. The number of rotatable bonds is 5. The van der Waals surface area contributed by atoms with Gasteiger partial charge in [0.2, 0.25) is 0 Å². The fourth-order valence-corrected chi connectivity index (χ4v) is 3.14. The van der Waals surface area contributed by atoms with Gasteiger partial charge in [-0.25, -0.2) is 4.79 Å². The van der Waals surface area contributed by atoms with E-state index in [2.05, 4.69) is 5.32 Å². The summed E-state index contributed by atoms with van der Waals surface area (Å²) in [7, 11) is 0. The zero-order valence-corrected chi connectivity index (χ0v) is 14.2. The average molecular weight is 343 g/mol. The molecule has 1 aromatic heterocycles. The molecule has 7 heteroatoms. The van der Waals surface area contributed by atoms with E-state index in [1.165, 1.54) is 4.57 Å². The van der Waals surface area contributed by atoms with Crippen LogP contribution in [0, 0.1) is 11.3 Å². The summed E-state index contributed by atoms with van der Waals surface area (Å²) in [5.41, 5.74) is 0.433. The van der Waals surface area contributed by atoms with Gasteiger partial charge in [-0.2, -0.15) is 5.26 Å². The molecule has 0 unspecified atom stereocenters. The normalized spacial score (nSPS) is 12.5. The van der Waals surface area contributed by atoms with Crippen molar-refractivity contribution in [2.45, 2.75) is 20.4 Å². The van der Waals surface area contributed by atoms with Crippen molar-refractivity contribution in [2.24, 2.45) is 0 Å². The third-order valence-electron chi connectivity index (χ3n) is 3.17. The molecule has 0 atom stereocenters. The largest absolute Gasteiger partial charge is 0.462 e. The van der Waals surface area contributed by atoms with Crippen molar-refractivity contribution < 1.29 is 9.53 Å². The maximum Gasteiger partial charge on any atom is 0.351 e. The summed E-state index contributed by atoms with van der Waals surface area (Å²) in [6.07, 6.45) is 1.58. The number of para-hydroxylation sites is 1. The van der Waals surface area contributed by atoms with E-state index in [4.69, 9.17) is 4.74 Å². The molecule has 0 aliphatic heterocycles. The fourth-order valence-electron chi connectivity index (χ4n) is 2.06. The summed E-state index contributed by atoms with van der Waals surface area (Å²) < 4.78 is 7.02. The molecule has 0 saturated carbocycles. The first-order valence-corrected chi connectivity index (χ1v) is 8.27. The molecule has 0 radical (unpaired) electrons. The monoisotopic (exact) mass is 343 g/mol. The van der Waals surface area contributed by atoms with Crippen LogP contribution < -0.4 is 20.1 Å². The van der Waals surface area contributed by atoms with Crippen LogP contribution in [0.2, 0.25) is 0 Å². The maximum atomic E-state index is 12.5. The molecule has 0 spiro atoms. The van der Waals surface area contributed by atoms with Crippen LogP contribution in [0.15, 0.2) is 35.1 Å². The first-order chi connectivity index (χ1) is 11.6. The molecule has 0 saturated heterocycles. The zero-order valence-electron chi connectivity index (χ0n) is 13.4. The van der Waals surface area contributed by atoms with Gasteiger partial charge in [-0.05, 0) is 26.0 Å². The zero-order chi connectivity index (χ0) is 17.5. The molecule has 6 nitrogen and oxygen atoms in total. The van der Waals surface area contributed by atoms with Gasteiger partial charge >= 0.3 is 5.97 Å². The van der Waals surface area contributed by atoms with E-state index < -0.39 is 5.97 Å². The number of ether oxygens (including phenoxy) is 1. The Morgan fingerprint density at radius 2 is 2.08 bits per heavy atom. The Kier molecular flexibility index (Phi) is 5.93. The fraction of sp³-hybridized carbons (Fsp3) is 0.235. The van der Waals surface area contributed by atoms with Gasteiger partial charge in [-0.15, -0.1) is 11.3 Å². The predicted octanol–water partition coefficient (Wildman–Crippen LogP) is 1.02. The first kappa shape index (κ1) is 17.5. The van der Waals surface area contributed by atoms with Crippen LogP contribution >= 0.6 is 11.3 Å². The second-order valence-electron chi connectivity index (χ2n) is 4.68. The molecule has 1 heterocycles. The van der Waals surface area contributed by atoms with Gasteiger partial charge in [-0.3, -0.25) is 9.36 Å². The summed E-state index contributed by atoms with van der Waals surface area (Å²) in [4.78, 5) is 24.4. The molecule has 124 valence electrons. The summed E-state index contributed by atoms with van der Waals surface area (Å²) >= 11 is 1.09. The number of nitriles is 1. The van der Waals surface area contributed by atoms with E-state index in [1.807, 2.05) is 36.4 Å². The quantitative estimate of drug-likeness (QED) is 0.820. The Balaban J connectivity index is 2.58. The van der Waals surface area contributed by atoms with Gasteiger partial charge in [0.15, 0.2) is 5.57 Å². The van der Waals surface area contributed by atoms with Gasteiger partial charge in [0.25, 0.3) is 5.56 Å². The van der Waals surface area contributed by atoms with Crippen LogP contribution in [0.5, 0.6) is 0 Å². The van der Waals surface area contributed by atoms with Gasteiger partial charge in [-0.1, -0.05) is 18.2 Å². The van der Waals surface area contributed by atoms with Crippen molar-refractivity contribution in [1.29, 1.82) is 5.26 Å². The molecule has 1 aromatic carbocycles. The van der Waals surface area contributed by atoms with Gasteiger partial charge in [0, 0.05) is 18.4 Å². The molecule has 2 rings (SSSR count). The van der Waals surface area contributed by atoms with E-state index in [9.17, 15) is 14.9 Å². The van der Waals surface area contributed by atoms with Crippen LogP contribution in [0.4, 0.5) is 5.69 Å². The molecule has 2 aromatic rings. The van der Waals surface area contributed by atoms with Crippen molar-refractivity contribution in [3.8, 4) is 6.07 Å². The molecule has 0 bridgehead atoms. The standard InChI is InChI=1S/C17H17N3O3S/c1-3-20-15(21)14(11-19-12-8-6-5-7-9-12)24-16(20)13(10-18)17(22)23-4-2/h5-9,11,19H,3-4H2,1-2H3/b14-11+,16-13+. The third-order valence-corrected chi connectivity index (χ3v) is 4.30. The average Bonchev–Trinajstić information content (AvgIpc) is 2.90. The number of hydrogen-bond donors (Lipinski definition) is 1. The van der Waals surface area contributed by atoms with Gasteiger partial charge in [0.1, 0.15) is 15.3 Å². The van der Waals surface area contributed by atoms with Crippen LogP contribution in [0.25, 0.3) is 11.8 Å². The number of carbonyl (C=O) groups is 1. The van der Waals surface area contributed by atoms with Gasteiger partial charge < -0.3 is 10.1 Å². The van der Waals surface area contributed by atoms with Crippen LogP contribution in [-0.2, 0) is 16.1 Å². The van der Waals surface area contributed by atoms with Crippen LogP contribution in [0.1, 0.15) is 13.8 Å². The number of aromatic nitrogens is 1. The third kappa shape index (κ3) is 3.73. The van der Waals surface area contributed by atoms with Crippen LogP contribution in [0.3, 0.4) is 0 Å². The molecule has 1 N–H and O–H groups in total. The number of hydrogen-bond acceptors (Lipinski definition) is 6. The number of thiazole rings is 1. The lowest BCUT2D eigenvalue weighted by Gasteiger charge is -2.00. The molecule has 0 amide bonds. The Labute approximate surface area is 142 Å². The highest BCUT2D eigenvalue weighted by atomic mass is 32.1. The van der Waals surface area contributed by atoms with E-state index >= 15 is 0 Å². The molecule has 0 aliphatic carbocycles. The Hall–Kier alpha value is -2.85. The minimum Gasteiger partial charge on any atom is -0.462 e. The minimum atomic E-state index is -0.717. The van der Waals surface area contributed by atoms with Crippen molar-refractivity contribution >= 4 is 34.8 Å². The summed E-state index contributed by atoms with van der Waals surface area (Å²) in [5.74, 6) is -0.717. The molecule has 0 aliphatic rings. The first-order valence-electron chi connectivity index (χ1n) is 7.45. The predicted molar refractivity (Wildman–Crippen MR) is 93.7 cm³/mol. The second kappa shape index (κ2) is 8.13. The molecular formula is C17H17N3O3S. The highest BCUT2D eigenvalue weighted by Crippen LogP contribution is 2.04. The Morgan fingerprint density at radius 3 is 2.67 bits per heavy atom. The highest BCUT2D eigenvalue weighted by molar-refractivity contribution is 7.07. The van der Waals surface area contributed by atoms with Crippen LogP contribution in [-0.4, -0.2) is 17.1 Å². The van der Waals surface area contributed by atoms with Crippen molar-refractivity contribution in [3.63, 3.8) is 0 Å². The Bertz CT molecular complexity index is 936. The number of esters is 1. The number of benzene rings is 1. The number of carbonyl (C=O) groups excluding carboxylic acids is 1. The van der Waals surface area contributed by atoms with E-state index in [0.29, 0.717) is 15.7 Å². The van der Waals surface area contributed by atoms with E-state index in [1.54, 1.807) is 20.0 Å². The minimum absolute atomic E-state index is 0.153.